The fourth-order valence-electron chi connectivity index (χ4n) is 16.2. The molecule has 13 aromatic rings. The molecule has 2 aromatic heterocycles. The van der Waals surface area contributed by atoms with Gasteiger partial charge in [-0.1, -0.05) is 190 Å². The second-order valence-electron chi connectivity index (χ2n) is 25.8. The van der Waals surface area contributed by atoms with Crippen molar-refractivity contribution in [1.82, 2.24) is 0 Å². The van der Waals surface area contributed by atoms with Crippen LogP contribution < -0.4 is 9.80 Å². The van der Waals surface area contributed by atoms with Gasteiger partial charge in [0.1, 0.15) is 11.2 Å². The first-order chi connectivity index (χ1) is 42.6. The predicted octanol–water partition coefficient (Wildman–Crippen LogP) is 23.9. The third kappa shape index (κ3) is 8.37. The summed E-state index contributed by atoms with van der Waals surface area (Å²) >= 11 is 0. The van der Waals surface area contributed by atoms with Crippen molar-refractivity contribution in [2.45, 2.75) is 123 Å². The van der Waals surface area contributed by atoms with Crippen LogP contribution in [0.5, 0.6) is 0 Å². The Bertz CT molecular complexity index is 4770. The Kier molecular flexibility index (Phi) is 12.9. The first-order valence-corrected chi connectivity index (χ1v) is 32.1. The molecule has 3 aliphatic rings. The van der Waals surface area contributed by atoms with Gasteiger partial charge < -0.3 is 18.6 Å². The van der Waals surface area contributed by atoms with Gasteiger partial charge in [-0.15, -0.1) is 0 Å². The molecule has 16 rings (SSSR count). The number of nitrogens with zero attached hydrogens (tertiary/aromatic N) is 2. The molecule has 2 fully saturated rings. The third-order valence-electron chi connectivity index (χ3n) is 21.0. The fourth-order valence-corrected chi connectivity index (χ4v) is 16.2. The average Bonchev–Trinajstić information content (AvgIpc) is 1.56. The standard InChI is InChI=1S/C83H74N2O2/c1-51-45-62(46-52(2)55(51)5)84(75-41-23-39-70-68-37-21-35-64(79(68)86-81(70)75)57-25-11-7-12-26-57)61-43-44-72-73(49-61)83(59-29-15-9-16-30-59,60-31-17-10-18-32-60)74-50-77(66-33-19-20-34-67(66)78(72)74)85(63-47-53(3)56(6)54(4)48-63)76-42-24-40-71-69-38-22-36-65(80(69)87-82(71)76)58-27-13-8-14-28-58/h9-10,15-24,29-50,57-58H,7-8,11-14,25-28H2,1-6H3. The zero-order valence-corrected chi connectivity index (χ0v) is 51.1. The highest BCUT2D eigenvalue weighted by Crippen LogP contribution is 2.62. The van der Waals surface area contributed by atoms with Crippen LogP contribution in [0.3, 0.4) is 0 Å². The second-order valence-corrected chi connectivity index (χ2v) is 25.8. The van der Waals surface area contributed by atoms with Crippen LogP contribution in [0.1, 0.15) is 143 Å². The maximum atomic E-state index is 7.47. The number of benzene rings is 11. The number of hydrogen-bond acceptors (Lipinski definition) is 4. The molecule has 0 saturated heterocycles. The van der Waals surface area contributed by atoms with Gasteiger partial charge in [0.05, 0.1) is 22.5 Å². The van der Waals surface area contributed by atoms with E-state index in [2.05, 4.69) is 258 Å². The van der Waals surface area contributed by atoms with Gasteiger partial charge >= 0.3 is 0 Å². The van der Waals surface area contributed by atoms with Gasteiger partial charge in [0, 0.05) is 44.0 Å². The van der Waals surface area contributed by atoms with Crippen molar-refractivity contribution in [3.63, 3.8) is 0 Å². The normalized spacial score (nSPS) is 15.2. The van der Waals surface area contributed by atoms with E-state index in [0.29, 0.717) is 11.8 Å². The summed E-state index contributed by atoms with van der Waals surface area (Å²) in [4.78, 5) is 5.04. The molecule has 4 heteroatoms. The number of rotatable bonds is 10. The van der Waals surface area contributed by atoms with Crippen molar-refractivity contribution in [3.05, 3.63) is 273 Å². The molecule has 0 N–H and O–H groups in total. The zero-order valence-electron chi connectivity index (χ0n) is 51.1. The van der Waals surface area contributed by atoms with Gasteiger partial charge in [0.2, 0.25) is 0 Å². The van der Waals surface area contributed by atoms with E-state index in [4.69, 9.17) is 8.83 Å². The Labute approximate surface area is 511 Å². The van der Waals surface area contributed by atoms with Gasteiger partial charge in [-0.05, 0) is 217 Å². The highest BCUT2D eigenvalue weighted by atomic mass is 16.3. The molecule has 0 amide bonds. The summed E-state index contributed by atoms with van der Waals surface area (Å²) in [6.07, 6.45) is 12.5. The monoisotopic (exact) mass is 1130 g/mol. The average molecular weight is 1130 g/mol. The quantitative estimate of drug-likeness (QED) is 0.137. The Morgan fingerprint density at radius 2 is 0.759 bits per heavy atom. The first kappa shape index (κ1) is 53.4. The SMILES string of the molecule is Cc1cc(N(c2ccc3c(c2)C(c2ccccc2)(c2ccccc2)c2cc(N(c4cc(C)c(C)c(C)c4)c4cccc5c4oc4c(C6CCCCC6)cccc45)c4ccccc4c2-3)c2cccc3c2oc2c(C4CCCCC4)cccc23)cc(C)c1C. The molecule has 0 spiro atoms. The van der Waals surface area contributed by atoms with Crippen LogP contribution in [0, 0.1) is 41.5 Å². The molecule has 0 bridgehead atoms. The third-order valence-corrected chi connectivity index (χ3v) is 21.0. The summed E-state index contributed by atoms with van der Waals surface area (Å²) in [5.74, 6) is 0.992. The molecule has 3 aliphatic carbocycles. The molecule has 0 unspecified atom stereocenters. The topological polar surface area (TPSA) is 32.8 Å². The fraction of sp³-hybridized carbons (Fsp3) is 0.229. The molecule has 87 heavy (non-hydrogen) atoms. The van der Waals surface area contributed by atoms with Gasteiger partial charge in [-0.3, -0.25) is 0 Å². The van der Waals surface area contributed by atoms with Gasteiger partial charge in [0.25, 0.3) is 0 Å². The van der Waals surface area contributed by atoms with Gasteiger partial charge in [0.15, 0.2) is 11.2 Å². The van der Waals surface area contributed by atoms with Crippen molar-refractivity contribution in [2.24, 2.45) is 0 Å². The lowest BCUT2D eigenvalue weighted by molar-refractivity contribution is 0.442. The van der Waals surface area contributed by atoms with Crippen LogP contribution in [0.2, 0.25) is 0 Å². The summed E-state index contributed by atoms with van der Waals surface area (Å²) in [7, 11) is 0. The highest BCUT2D eigenvalue weighted by Gasteiger charge is 2.48. The molecule has 2 saturated carbocycles. The number of hydrogen-bond donors (Lipinski definition) is 0. The summed E-state index contributed by atoms with van der Waals surface area (Å²) in [6, 6.07) is 78.7. The van der Waals surface area contributed by atoms with Crippen molar-refractivity contribution < 1.29 is 8.83 Å². The minimum Gasteiger partial charge on any atom is -0.454 e. The Morgan fingerprint density at radius 3 is 1.26 bits per heavy atom. The van der Waals surface area contributed by atoms with E-state index in [-0.39, 0.29) is 0 Å². The zero-order chi connectivity index (χ0) is 58.7. The maximum absolute atomic E-state index is 7.47. The van der Waals surface area contributed by atoms with Crippen LogP contribution in [0.25, 0.3) is 65.8 Å². The van der Waals surface area contributed by atoms with Crippen LogP contribution >= 0.6 is 0 Å². The molecule has 2 heterocycles. The summed E-state index contributed by atoms with van der Waals surface area (Å²) < 4.78 is 14.9. The van der Waals surface area contributed by atoms with Gasteiger partial charge in [-0.25, -0.2) is 0 Å². The van der Waals surface area contributed by atoms with E-state index in [1.54, 1.807) is 0 Å². The van der Waals surface area contributed by atoms with Crippen molar-refractivity contribution in [3.8, 4) is 11.1 Å². The molecule has 4 nitrogen and oxygen atoms in total. The number of aryl methyl sites for hydroxylation is 4. The van der Waals surface area contributed by atoms with E-state index >= 15 is 0 Å². The van der Waals surface area contributed by atoms with Crippen molar-refractivity contribution in [1.29, 1.82) is 0 Å². The number of fused-ring (bicyclic) bond motifs is 11. The Balaban J connectivity index is 0.982. The Morgan fingerprint density at radius 1 is 0.333 bits per heavy atom. The largest absolute Gasteiger partial charge is 0.454 e. The number of para-hydroxylation sites is 4. The summed E-state index contributed by atoms with van der Waals surface area (Å²) in [5, 5.41) is 7.05. The summed E-state index contributed by atoms with van der Waals surface area (Å²) in [5.41, 5.74) is 27.3. The van der Waals surface area contributed by atoms with E-state index in [1.807, 2.05) is 0 Å². The van der Waals surface area contributed by atoms with E-state index in [9.17, 15) is 0 Å². The maximum Gasteiger partial charge on any atom is 0.159 e. The van der Waals surface area contributed by atoms with Crippen molar-refractivity contribution in [2.75, 3.05) is 9.80 Å². The second kappa shape index (κ2) is 21.1. The molecular formula is C83H74N2O2. The van der Waals surface area contributed by atoms with E-state index < -0.39 is 5.41 Å². The molecule has 0 aliphatic heterocycles. The lowest BCUT2D eigenvalue weighted by atomic mass is 9.67. The summed E-state index contributed by atoms with van der Waals surface area (Å²) in [6.45, 7) is 13.5. The number of furan rings is 2. The van der Waals surface area contributed by atoms with Crippen LogP contribution in [0.15, 0.2) is 215 Å². The van der Waals surface area contributed by atoms with Crippen LogP contribution in [0.4, 0.5) is 34.1 Å². The minimum atomic E-state index is -0.780. The minimum absolute atomic E-state index is 0.493. The molecular weight excluding hydrogens is 1060 g/mol. The van der Waals surface area contributed by atoms with E-state index in [1.165, 1.54) is 164 Å². The molecule has 0 atom stereocenters. The van der Waals surface area contributed by atoms with Crippen molar-refractivity contribution >= 4 is 88.8 Å². The lowest BCUT2D eigenvalue weighted by Gasteiger charge is -2.36. The van der Waals surface area contributed by atoms with Crippen LogP contribution in [-0.4, -0.2) is 0 Å². The first-order valence-electron chi connectivity index (χ1n) is 32.1. The molecule has 0 radical (unpaired) electrons. The smallest absolute Gasteiger partial charge is 0.159 e. The Hall–Kier alpha value is -9.12. The highest BCUT2D eigenvalue weighted by molar-refractivity contribution is 6.16. The van der Waals surface area contributed by atoms with Gasteiger partial charge in [-0.2, -0.15) is 0 Å². The molecule has 11 aromatic carbocycles. The van der Waals surface area contributed by atoms with Crippen LogP contribution in [-0.2, 0) is 5.41 Å². The number of anilines is 6. The predicted molar refractivity (Wildman–Crippen MR) is 365 cm³/mol. The van der Waals surface area contributed by atoms with E-state index in [0.717, 1.165) is 67.2 Å². The lowest BCUT2D eigenvalue weighted by Crippen LogP contribution is -2.29. The molecule has 428 valence electrons.